The van der Waals surface area contributed by atoms with E-state index in [4.69, 9.17) is 14.5 Å². The van der Waals surface area contributed by atoms with Crippen molar-refractivity contribution in [3.05, 3.63) is 41.5 Å². The van der Waals surface area contributed by atoms with E-state index in [9.17, 15) is 0 Å². The number of rotatable bonds is 5. The Kier molecular flexibility index (Phi) is 4.18. The Balaban J connectivity index is 1.25. The number of ether oxygens (including phenoxy) is 1. The van der Waals surface area contributed by atoms with Gasteiger partial charge in [0.15, 0.2) is 5.82 Å². The van der Waals surface area contributed by atoms with E-state index in [1.54, 1.807) is 12.1 Å². The van der Waals surface area contributed by atoms with Crippen LogP contribution < -0.4 is 4.74 Å². The number of benzene rings is 1. The van der Waals surface area contributed by atoms with E-state index in [0.717, 1.165) is 49.9 Å². The van der Waals surface area contributed by atoms with Gasteiger partial charge in [-0.25, -0.2) is 0 Å². The van der Waals surface area contributed by atoms with E-state index in [-0.39, 0.29) is 6.10 Å². The summed E-state index contributed by atoms with van der Waals surface area (Å²) in [5.41, 5.74) is 0.655. The zero-order valence-corrected chi connectivity index (χ0v) is 13.5. The molecule has 1 aromatic carbocycles. The first-order valence-electron chi connectivity index (χ1n) is 8.52. The predicted molar refractivity (Wildman–Crippen MR) is 86.4 cm³/mol. The Bertz CT molecular complexity index is 722. The standard InChI is InChI=1S/C18H20N4O2/c19-11-13-1-5-15(6-2-13)23-16-7-9-22(10-8-16)12-17-20-18(24-21-17)14-3-4-14/h1-2,5-6,14,16H,3-4,7-10,12H2. The van der Waals surface area contributed by atoms with Crippen LogP contribution in [0.1, 0.15) is 48.9 Å². The van der Waals surface area contributed by atoms with Crippen LogP contribution in [-0.2, 0) is 6.54 Å². The summed E-state index contributed by atoms with van der Waals surface area (Å²) in [6.45, 7) is 2.68. The highest BCUT2D eigenvalue weighted by Crippen LogP contribution is 2.38. The van der Waals surface area contributed by atoms with Crippen LogP contribution in [0.4, 0.5) is 0 Å². The van der Waals surface area contributed by atoms with Crippen molar-refractivity contribution in [3.8, 4) is 11.8 Å². The molecule has 0 amide bonds. The van der Waals surface area contributed by atoms with Crippen molar-refractivity contribution in [1.29, 1.82) is 5.26 Å². The zero-order valence-electron chi connectivity index (χ0n) is 13.5. The third-order valence-electron chi connectivity index (χ3n) is 4.60. The van der Waals surface area contributed by atoms with E-state index in [2.05, 4.69) is 21.1 Å². The lowest BCUT2D eigenvalue weighted by Gasteiger charge is -2.31. The maximum Gasteiger partial charge on any atom is 0.229 e. The second kappa shape index (κ2) is 6.62. The molecule has 1 aliphatic carbocycles. The van der Waals surface area contributed by atoms with Crippen molar-refractivity contribution in [2.75, 3.05) is 13.1 Å². The summed E-state index contributed by atoms with van der Waals surface area (Å²) in [4.78, 5) is 6.84. The average Bonchev–Trinajstić information content (AvgIpc) is 3.37. The number of aromatic nitrogens is 2. The average molecular weight is 324 g/mol. The second-order valence-corrected chi connectivity index (χ2v) is 6.55. The molecule has 0 spiro atoms. The van der Waals surface area contributed by atoms with E-state index in [0.29, 0.717) is 11.5 Å². The first kappa shape index (κ1) is 15.2. The Labute approximate surface area is 141 Å². The molecule has 6 heteroatoms. The van der Waals surface area contributed by atoms with Gasteiger partial charge in [-0.05, 0) is 49.9 Å². The molecule has 0 radical (unpaired) electrons. The van der Waals surface area contributed by atoms with Gasteiger partial charge < -0.3 is 9.26 Å². The molecule has 24 heavy (non-hydrogen) atoms. The van der Waals surface area contributed by atoms with Gasteiger partial charge in [-0.15, -0.1) is 0 Å². The first-order chi connectivity index (χ1) is 11.8. The molecular weight excluding hydrogens is 304 g/mol. The molecule has 2 fully saturated rings. The summed E-state index contributed by atoms with van der Waals surface area (Å²) >= 11 is 0. The first-order valence-corrected chi connectivity index (χ1v) is 8.52. The minimum absolute atomic E-state index is 0.224. The van der Waals surface area contributed by atoms with Gasteiger partial charge in [-0.2, -0.15) is 10.2 Å². The number of likely N-dealkylation sites (tertiary alicyclic amines) is 1. The topological polar surface area (TPSA) is 75.2 Å². The van der Waals surface area contributed by atoms with Gasteiger partial charge in [-0.3, -0.25) is 4.90 Å². The number of nitrogens with zero attached hydrogens (tertiary/aromatic N) is 4. The Morgan fingerprint density at radius 1 is 1.17 bits per heavy atom. The molecule has 124 valence electrons. The maximum atomic E-state index is 8.82. The summed E-state index contributed by atoms with van der Waals surface area (Å²) in [5.74, 6) is 2.95. The van der Waals surface area contributed by atoms with Crippen LogP contribution in [-0.4, -0.2) is 34.2 Å². The van der Waals surface area contributed by atoms with Gasteiger partial charge in [0.25, 0.3) is 0 Å². The minimum atomic E-state index is 0.224. The molecule has 2 aromatic rings. The van der Waals surface area contributed by atoms with Crippen molar-refractivity contribution >= 4 is 0 Å². The summed E-state index contributed by atoms with van der Waals surface area (Å²) in [7, 11) is 0. The predicted octanol–water partition coefficient (Wildman–Crippen LogP) is 2.86. The fourth-order valence-corrected chi connectivity index (χ4v) is 3.01. The summed E-state index contributed by atoms with van der Waals surface area (Å²) in [5, 5.41) is 12.9. The number of hydrogen-bond acceptors (Lipinski definition) is 6. The third-order valence-corrected chi connectivity index (χ3v) is 4.60. The van der Waals surface area contributed by atoms with Crippen LogP contribution in [0.2, 0.25) is 0 Å². The molecule has 0 bridgehead atoms. The van der Waals surface area contributed by atoms with Crippen molar-refractivity contribution in [2.24, 2.45) is 0 Å². The lowest BCUT2D eigenvalue weighted by Crippen LogP contribution is -2.38. The molecule has 4 rings (SSSR count). The van der Waals surface area contributed by atoms with Crippen molar-refractivity contribution in [3.63, 3.8) is 0 Å². The van der Waals surface area contributed by atoms with Gasteiger partial charge in [-0.1, -0.05) is 5.16 Å². The molecule has 1 saturated carbocycles. The Hall–Kier alpha value is -2.39. The Morgan fingerprint density at radius 2 is 1.92 bits per heavy atom. The van der Waals surface area contributed by atoms with Crippen LogP contribution in [0.25, 0.3) is 0 Å². The van der Waals surface area contributed by atoms with Crippen LogP contribution in [0.5, 0.6) is 5.75 Å². The SMILES string of the molecule is N#Cc1ccc(OC2CCN(Cc3noc(C4CC4)n3)CC2)cc1. The maximum absolute atomic E-state index is 8.82. The van der Waals surface area contributed by atoms with Crippen LogP contribution >= 0.6 is 0 Å². The molecular formula is C18H20N4O2. The third kappa shape index (κ3) is 3.57. The summed E-state index contributed by atoms with van der Waals surface area (Å²) in [6, 6.07) is 9.43. The van der Waals surface area contributed by atoms with Crippen LogP contribution in [0.3, 0.4) is 0 Å². The minimum Gasteiger partial charge on any atom is -0.490 e. The molecule has 0 N–H and O–H groups in total. The molecule has 1 aromatic heterocycles. The molecule has 0 unspecified atom stereocenters. The quantitative estimate of drug-likeness (QED) is 0.842. The van der Waals surface area contributed by atoms with Crippen molar-refractivity contribution in [2.45, 2.75) is 44.2 Å². The molecule has 2 heterocycles. The lowest BCUT2D eigenvalue weighted by atomic mass is 10.1. The monoisotopic (exact) mass is 324 g/mol. The molecule has 6 nitrogen and oxygen atoms in total. The van der Waals surface area contributed by atoms with Crippen molar-refractivity contribution in [1.82, 2.24) is 15.0 Å². The van der Waals surface area contributed by atoms with E-state index in [1.807, 2.05) is 12.1 Å². The van der Waals surface area contributed by atoms with Crippen LogP contribution in [0.15, 0.2) is 28.8 Å². The largest absolute Gasteiger partial charge is 0.490 e. The highest BCUT2D eigenvalue weighted by molar-refractivity contribution is 5.34. The molecule has 1 saturated heterocycles. The smallest absolute Gasteiger partial charge is 0.229 e. The number of hydrogen-bond donors (Lipinski definition) is 0. The van der Waals surface area contributed by atoms with Crippen molar-refractivity contribution < 1.29 is 9.26 Å². The van der Waals surface area contributed by atoms with Gasteiger partial charge in [0.2, 0.25) is 5.89 Å². The van der Waals surface area contributed by atoms with E-state index >= 15 is 0 Å². The molecule has 2 aliphatic rings. The Morgan fingerprint density at radius 3 is 2.58 bits per heavy atom. The zero-order chi connectivity index (χ0) is 16.4. The van der Waals surface area contributed by atoms with E-state index < -0.39 is 0 Å². The van der Waals surface area contributed by atoms with Gasteiger partial charge in [0, 0.05) is 19.0 Å². The normalized spacial score (nSPS) is 19.1. The number of piperidine rings is 1. The highest BCUT2D eigenvalue weighted by atomic mass is 16.5. The molecule has 0 atom stereocenters. The van der Waals surface area contributed by atoms with Gasteiger partial charge >= 0.3 is 0 Å². The summed E-state index contributed by atoms with van der Waals surface area (Å²) in [6.07, 6.45) is 4.54. The molecule has 1 aliphatic heterocycles. The fraction of sp³-hybridized carbons (Fsp3) is 0.500. The fourth-order valence-electron chi connectivity index (χ4n) is 3.01. The number of nitriles is 1. The summed E-state index contributed by atoms with van der Waals surface area (Å²) < 4.78 is 11.3. The lowest BCUT2D eigenvalue weighted by molar-refractivity contribution is 0.0949. The van der Waals surface area contributed by atoms with Gasteiger partial charge in [0.1, 0.15) is 11.9 Å². The second-order valence-electron chi connectivity index (χ2n) is 6.55. The van der Waals surface area contributed by atoms with E-state index in [1.165, 1.54) is 12.8 Å². The van der Waals surface area contributed by atoms with Crippen LogP contribution in [0, 0.1) is 11.3 Å². The van der Waals surface area contributed by atoms with Gasteiger partial charge in [0.05, 0.1) is 18.2 Å². The highest BCUT2D eigenvalue weighted by Gasteiger charge is 2.30.